The maximum Gasteiger partial charge on any atom is 0.171 e. The Morgan fingerprint density at radius 1 is 1.60 bits per heavy atom. The van der Waals surface area contributed by atoms with Crippen molar-refractivity contribution in [2.75, 3.05) is 7.05 Å². The zero-order valence-electron chi connectivity index (χ0n) is 5.89. The predicted molar refractivity (Wildman–Crippen MR) is 35.8 cm³/mol. The molecule has 3 heteroatoms. The molecule has 2 nitrogen and oxygen atoms in total. The Hall–Kier alpha value is -0.160. The van der Waals surface area contributed by atoms with Crippen LogP contribution < -0.4 is 34.3 Å². The van der Waals surface area contributed by atoms with E-state index in [0.717, 1.165) is 6.54 Å². The number of aromatic amines is 1. The SMILES string of the molecule is CNCc1ccc[nH+]c1.[I-]. The van der Waals surface area contributed by atoms with E-state index in [-0.39, 0.29) is 24.0 Å². The molecule has 0 spiro atoms. The smallest absolute Gasteiger partial charge is 0.171 e. The summed E-state index contributed by atoms with van der Waals surface area (Å²) in [6, 6.07) is 4.07. The van der Waals surface area contributed by atoms with Crippen molar-refractivity contribution in [1.82, 2.24) is 5.32 Å². The number of pyridine rings is 1. The standard InChI is InChI=1S/C7H10N2.HI/c1-8-5-7-3-2-4-9-6-7;/h2-4,6,8H,5H2,1H3;1H. The van der Waals surface area contributed by atoms with Gasteiger partial charge in [0.15, 0.2) is 12.4 Å². The topological polar surface area (TPSA) is 26.2 Å². The zero-order valence-corrected chi connectivity index (χ0v) is 8.05. The van der Waals surface area contributed by atoms with E-state index in [1.54, 1.807) is 0 Å². The van der Waals surface area contributed by atoms with E-state index in [1.165, 1.54) is 5.56 Å². The van der Waals surface area contributed by atoms with Crippen LogP contribution in [0.5, 0.6) is 0 Å². The van der Waals surface area contributed by atoms with Gasteiger partial charge in [-0.25, -0.2) is 4.98 Å². The molecule has 1 heterocycles. The van der Waals surface area contributed by atoms with E-state index in [1.807, 2.05) is 25.5 Å². The lowest BCUT2D eigenvalue weighted by molar-refractivity contribution is -0.378. The highest BCUT2D eigenvalue weighted by molar-refractivity contribution is 5.03. The average Bonchev–Trinajstić information content (AvgIpc) is 1.91. The molecule has 56 valence electrons. The Morgan fingerprint density at radius 3 is 2.90 bits per heavy atom. The summed E-state index contributed by atoms with van der Waals surface area (Å²) in [5, 5.41) is 3.06. The number of hydrogen-bond acceptors (Lipinski definition) is 1. The third-order valence-corrected chi connectivity index (χ3v) is 1.15. The van der Waals surface area contributed by atoms with Gasteiger partial charge in [-0.2, -0.15) is 0 Å². The first-order chi connectivity index (χ1) is 4.43. The molecule has 0 saturated carbocycles. The largest absolute Gasteiger partial charge is 1.00 e. The van der Waals surface area contributed by atoms with Gasteiger partial charge < -0.3 is 29.3 Å². The van der Waals surface area contributed by atoms with Gasteiger partial charge in [0.25, 0.3) is 0 Å². The Morgan fingerprint density at radius 2 is 2.40 bits per heavy atom. The predicted octanol–water partition coefficient (Wildman–Crippen LogP) is -2.78. The van der Waals surface area contributed by atoms with E-state index in [9.17, 15) is 0 Å². The maximum atomic E-state index is 3.06. The number of rotatable bonds is 2. The molecule has 0 amide bonds. The summed E-state index contributed by atoms with van der Waals surface area (Å²) in [6.45, 7) is 0.928. The molecule has 0 saturated heterocycles. The fraction of sp³-hybridized carbons (Fsp3) is 0.286. The van der Waals surface area contributed by atoms with Crippen molar-refractivity contribution in [3.8, 4) is 0 Å². The molecule has 0 fully saturated rings. The molecule has 0 radical (unpaired) electrons. The molecule has 0 aromatic carbocycles. The van der Waals surface area contributed by atoms with Gasteiger partial charge in [0.05, 0.1) is 0 Å². The van der Waals surface area contributed by atoms with Crippen LogP contribution in [0, 0.1) is 0 Å². The molecule has 1 rings (SSSR count). The minimum absolute atomic E-state index is 0. The van der Waals surface area contributed by atoms with Crippen LogP contribution in [-0.2, 0) is 6.54 Å². The van der Waals surface area contributed by atoms with Gasteiger partial charge in [-0.15, -0.1) is 0 Å². The third-order valence-electron chi connectivity index (χ3n) is 1.15. The number of aromatic nitrogens is 1. The fourth-order valence-corrected chi connectivity index (χ4v) is 0.745. The van der Waals surface area contributed by atoms with Crippen LogP contribution in [0.2, 0.25) is 0 Å². The van der Waals surface area contributed by atoms with Crippen LogP contribution in [0.15, 0.2) is 24.5 Å². The average molecular weight is 250 g/mol. The van der Waals surface area contributed by atoms with Crippen LogP contribution in [0.25, 0.3) is 0 Å². The minimum atomic E-state index is 0. The Bertz CT molecular complexity index is 165. The minimum Gasteiger partial charge on any atom is -1.00 e. The quantitative estimate of drug-likeness (QED) is 0.565. The highest BCUT2D eigenvalue weighted by Crippen LogP contribution is 1.89. The van der Waals surface area contributed by atoms with Crippen LogP contribution >= 0.6 is 0 Å². The fourth-order valence-electron chi connectivity index (χ4n) is 0.745. The molecule has 1 aromatic heterocycles. The summed E-state index contributed by atoms with van der Waals surface area (Å²) in [5.74, 6) is 0. The number of nitrogens with one attached hydrogen (secondary N) is 2. The van der Waals surface area contributed by atoms with Crippen molar-refractivity contribution in [3.63, 3.8) is 0 Å². The second kappa shape index (κ2) is 5.61. The van der Waals surface area contributed by atoms with Crippen molar-refractivity contribution < 1.29 is 29.0 Å². The number of halogens is 1. The summed E-state index contributed by atoms with van der Waals surface area (Å²) >= 11 is 0. The summed E-state index contributed by atoms with van der Waals surface area (Å²) in [7, 11) is 1.94. The van der Waals surface area contributed by atoms with Crippen molar-refractivity contribution >= 4 is 0 Å². The third kappa shape index (κ3) is 3.12. The van der Waals surface area contributed by atoms with E-state index < -0.39 is 0 Å². The van der Waals surface area contributed by atoms with Gasteiger partial charge in [0, 0.05) is 18.2 Å². The Balaban J connectivity index is 0.000000810. The summed E-state index contributed by atoms with van der Waals surface area (Å²) < 4.78 is 0. The summed E-state index contributed by atoms with van der Waals surface area (Å²) in [4.78, 5) is 3.01. The van der Waals surface area contributed by atoms with Crippen molar-refractivity contribution in [2.24, 2.45) is 0 Å². The van der Waals surface area contributed by atoms with Crippen molar-refractivity contribution in [1.29, 1.82) is 0 Å². The first kappa shape index (κ1) is 9.84. The summed E-state index contributed by atoms with van der Waals surface area (Å²) in [6.07, 6.45) is 3.88. The molecular formula is C7H11IN2. The second-order valence-electron chi connectivity index (χ2n) is 1.94. The molecule has 0 bridgehead atoms. The van der Waals surface area contributed by atoms with Gasteiger partial charge >= 0.3 is 0 Å². The molecule has 0 aliphatic heterocycles. The van der Waals surface area contributed by atoms with Gasteiger partial charge in [0.2, 0.25) is 0 Å². The van der Waals surface area contributed by atoms with E-state index in [0.29, 0.717) is 0 Å². The highest BCUT2D eigenvalue weighted by atomic mass is 127. The zero-order chi connectivity index (χ0) is 6.53. The first-order valence-electron chi connectivity index (χ1n) is 3.03. The van der Waals surface area contributed by atoms with E-state index in [2.05, 4.69) is 16.4 Å². The molecule has 0 aliphatic rings. The van der Waals surface area contributed by atoms with Crippen LogP contribution in [-0.4, -0.2) is 7.05 Å². The Kier molecular flexibility index (Phi) is 5.52. The summed E-state index contributed by atoms with van der Waals surface area (Å²) in [5.41, 5.74) is 1.28. The molecule has 0 unspecified atom stereocenters. The molecule has 0 aliphatic carbocycles. The van der Waals surface area contributed by atoms with Gasteiger partial charge in [-0.1, -0.05) is 0 Å². The van der Waals surface area contributed by atoms with Crippen molar-refractivity contribution in [3.05, 3.63) is 30.1 Å². The Labute approximate surface area is 78.1 Å². The van der Waals surface area contributed by atoms with Crippen molar-refractivity contribution in [2.45, 2.75) is 6.54 Å². The lowest BCUT2D eigenvalue weighted by atomic mass is 10.3. The molecule has 2 N–H and O–H groups in total. The van der Waals surface area contributed by atoms with Crippen LogP contribution in [0.4, 0.5) is 0 Å². The monoisotopic (exact) mass is 250 g/mol. The van der Waals surface area contributed by atoms with Crippen LogP contribution in [0.3, 0.4) is 0 Å². The normalized spacial score (nSPS) is 8.50. The van der Waals surface area contributed by atoms with E-state index >= 15 is 0 Å². The van der Waals surface area contributed by atoms with Gasteiger partial charge in [-0.05, 0) is 13.1 Å². The van der Waals surface area contributed by atoms with E-state index in [4.69, 9.17) is 0 Å². The molecular weight excluding hydrogens is 239 g/mol. The lowest BCUT2D eigenvalue weighted by Gasteiger charge is -1.91. The highest BCUT2D eigenvalue weighted by Gasteiger charge is 1.89. The molecule has 1 aromatic rings. The maximum absolute atomic E-state index is 3.06. The first-order valence-corrected chi connectivity index (χ1v) is 3.03. The number of H-pyrrole nitrogens is 1. The molecule has 0 atom stereocenters. The van der Waals surface area contributed by atoms with Gasteiger partial charge in [-0.3, -0.25) is 0 Å². The lowest BCUT2D eigenvalue weighted by Crippen LogP contribution is -3.00. The molecule has 10 heavy (non-hydrogen) atoms. The van der Waals surface area contributed by atoms with Crippen LogP contribution in [0.1, 0.15) is 5.56 Å². The number of hydrogen-bond donors (Lipinski definition) is 1. The second-order valence-corrected chi connectivity index (χ2v) is 1.94. The van der Waals surface area contributed by atoms with Gasteiger partial charge in [0.1, 0.15) is 0 Å².